The minimum atomic E-state index is -0.974. The number of rotatable bonds is 6. The largest absolute Gasteiger partial charge is 0.507 e. The average Bonchev–Trinajstić information content (AvgIpc) is 2.70. The molecule has 138 valence electrons. The van der Waals surface area contributed by atoms with Crippen LogP contribution >= 0.6 is 0 Å². The number of aromatic hydroxyl groups is 1. The number of nitrogens with zero attached hydrogens (tertiary/aromatic N) is 1. The van der Waals surface area contributed by atoms with E-state index in [1.165, 1.54) is 0 Å². The van der Waals surface area contributed by atoms with E-state index < -0.39 is 5.92 Å². The van der Waals surface area contributed by atoms with E-state index >= 15 is 0 Å². The molecule has 3 rings (SSSR count). The van der Waals surface area contributed by atoms with Crippen molar-refractivity contribution in [2.75, 3.05) is 13.1 Å². The summed E-state index contributed by atoms with van der Waals surface area (Å²) in [6.07, 6.45) is 0. The van der Waals surface area contributed by atoms with E-state index in [2.05, 4.69) is 0 Å². The second-order valence-electron chi connectivity index (χ2n) is 6.40. The topological polar surface area (TPSA) is 57.6 Å². The predicted octanol–water partition coefficient (Wildman–Crippen LogP) is 4.38. The number of amides is 1. The van der Waals surface area contributed by atoms with Crippen LogP contribution in [0.2, 0.25) is 0 Å². The highest BCUT2D eigenvalue weighted by molar-refractivity contribution is 6.17. The van der Waals surface area contributed by atoms with Gasteiger partial charge in [0.2, 0.25) is 5.91 Å². The zero-order chi connectivity index (χ0) is 19.4. The van der Waals surface area contributed by atoms with Gasteiger partial charge in [-0.1, -0.05) is 60.7 Å². The molecule has 0 aliphatic heterocycles. The molecular weight excluding hydrogens is 338 g/mol. The van der Waals surface area contributed by atoms with E-state index in [-0.39, 0.29) is 23.0 Å². The van der Waals surface area contributed by atoms with Crippen LogP contribution in [0, 0.1) is 0 Å². The zero-order valence-electron chi connectivity index (χ0n) is 15.6. The smallest absolute Gasteiger partial charge is 0.238 e. The Balaban J connectivity index is 2.11. The fourth-order valence-corrected chi connectivity index (χ4v) is 3.38. The second-order valence-corrected chi connectivity index (χ2v) is 6.40. The molecular formula is C23H23NO3. The van der Waals surface area contributed by atoms with Crippen molar-refractivity contribution < 1.29 is 14.7 Å². The molecule has 1 N–H and O–H groups in total. The first-order valence-electron chi connectivity index (χ1n) is 9.17. The molecule has 4 nitrogen and oxygen atoms in total. The van der Waals surface area contributed by atoms with E-state index in [1.807, 2.05) is 50.2 Å². The molecule has 0 fully saturated rings. The van der Waals surface area contributed by atoms with Gasteiger partial charge in [-0.25, -0.2) is 0 Å². The quantitative estimate of drug-likeness (QED) is 0.524. The van der Waals surface area contributed by atoms with Gasteiger partial charge < -0.3 is 10.0 Å². The number of Topliss-reactive ketones (excluding diaryl/α,β-unsaturated/α-hetero) is 1. The first kappa shape index (κ1) is 18.6. The van der Waals surface area contributed by atoms with Gasteiger partial charge in [-0.05, 0) is 30.9 Å². The number of phenolic OH excluding ortho intramolecular Hbond substituents is 1. The van der Waals surface area contributed by atoms with Gasteiger partial charge in [-0.15, -0.1) is 0 Å². The summed E-state index contributed by atoms with van der Waals surface area (Å²) < 4.78 is 0. The third kappa shape index (κ3) is 3.56. The van der Waals surface area contributed by atoms with Crippen LogP contribution in [0.4, 0.5) is 0 Å². The molecule has 1 unspecified atom stereocenters. The highest BCUT2D eigenvalue weighted by atomic mass is 16.3. The maximum absolute atomic E-state index is 13.4. The summed E-state index contributed by atoms with van der Waals surface area (Å²) in [7, 11) is 0. The Morgan fingerprint density at radius 3 is 2.19 bits per heavy atom. The van der Waals surface area contributed by atoms with Crippen LogP contribution in [0.15, 0.2) is 66.7 Å². The van der Waals surface area contributed by atoms with Crippen molar-refractivity contribution in [3.05, 3.63) is 77.9 Å². The number of phenols is 1. The lowest BCUT2D eigenvalue weighted by molar-refractivity contribution is -0.131. The summed E-state index contributed by atoms with van der Waals surface area (Å²) in [5.41, 5.74) is 0.801. The molecule has 0 aliphatic rings. The predicted molar refractivity (Wildman–Crippen MR) is 107 cm³/mol. The molecule has 3 aromatic rings. The van der Waals surface area contributed by atoms with Gasteiger partial charge in [0.25, 0.3) is 0 Å². The Morgan fingerprint density at radius 2 is 1.52 bits per heavy atom. The molecule has 0 heterocycles. The van der Waals surface area contributed by atoms with Crippen LogP contribution in [0.3, 0.4) is 0 Å². The highest BCUT2D eigenvalue weighted by Crippen LogP contribution is 2.33. The molecule has 4 heteroatoms. The number of ketones is 1. The minimum Gasteiger partial charge on any atom is -0.507 e. The van der Waals surface area contributed by atoms with Crippen molar-refractivity contribution in [1.29, 1.82) is 0 Å². The van der Waals surface area contributed by atoms with E-state index in [0.29, 0.717) is 24.0 Å². The number of hydrogen-bond donors (Lipinski definition) is 1. The standard InChI is InChI=1S/C23H23NO3/c1-3-24(4-2)23(27)20(17-11-6-5-7-12-17)22(26)19-15-14-16-10-8-9-13-18(16)21(19)25/h5-15,20,25H,3-4H2,1-2H3. The van der Waals surface area contributed by atoms with Crippen LogP contribution in [-0.4, -0.2) is 34.8 Å². The molecule has 0 saturated heterocycles. The van der Waals surface area contributed by atoms with Crippen molar-refractivity contribution in [2.45, 2.75) is 19.8 Å². The van der Waals surface area contributed by atoms with Gasteiger partial charge >= 0.3 is 0 Å². The van der Waals surface area contributed by atoms with E-state index in [0.717, 1.165) is 5.39 Å². The number of likely N-dealkylation sites (N-methyl/N-ethyl adjacent to an activating group) is 1. The van der Waals surface area contributed by atoms with Crippen LogP contribution in [-0.2, 0) is 4.79 Å². The summed E-state index contributed by atoms with van der Waals surface area (Å²) in [5.74, 6) is -1.69. The van der Waals surface area contributed by atoms with E-state index in [4.69, 9.17) is 0 Å². The van der Waals surface area contributed by atoms with Crippen molar-refractivity contribution in [2.24, 2.45) is 0 Å². The molecule has 0 aliphatic carbocycles. The van der Waals surface area contributed by atoms with Gasteiger partial charge in [0.15, 0.2) is 5.78 Å². The Hall–Kier alpha value is -3.14. The van der Waals surface area contributed by atoms with Crippen molar-refractivity contribution in [3.8, 4) is 5.75 Å². The molecule has 1 atom stereocenters. The molecule has 0 spiro atoms. The fraction of sp³-hybridized carbons (Fsp3) is 0.217. The fourth-order valence-electron chi connectivity index (χ4n) is 3.38. The first-order chi connectivity index (χ1) is 13.1. The molecule has 0 saturated carbocycles. The normalized spacial score (nSPS) is 11.9. The summed E-state index contributed by atoms with van der Waals surface area (Å²) in [4.78, 5) is 28.1. The Labute approximate surface area is 159 Å². The monoisotopic (exact) mass is 361 g/mol. The Bertz CT molecular complexity index is 962. The molecule has 27 heavy (non-hydrogen) atoms. The van der Waals surface area contributed by atoms with Gasteiger partial charge in [-0.2, -0.15) is 0 Å². The summed E-state index contributed by atoms with van der Waals surface area (Å²) in [6.45, 7) is 4.83. The average molecular weight is 361 g/mol. The minimum absolute atomic E-state index is 0.0774. The maximum Gasteiger partial charge on any atom is 0.238 e. The molecule has 0 radical (unpaired) electrons. The van der Waals surface area contributed by atoms with Gasteiger partial charge in [0.05, 0.1) is 5.56 Å². The summed E-state index contributed by atoms with van der Waals surface area (Å²) >= 11 is 0. The van der Waals surface area contributed by atoms with Gasteiger partial charge in [-0.3, -0.25) is 9.59 Å². The maximum atomic E-state index is 13.4. The van der Waals surface area contributed by atoms with E-state index in [1.54, 1.807) is 35.2 Å². The third-order valence-corrected chi connectivity index (χ3v) is 4.88. The van der Waals surface area contributed by atoms with Crippen LogP contribution < -0.4 is 0 Å². The number of fused-ring (bicyclic) bond motifs is 1. The number of hydrogen-bond acceptors (Lipinski definition) is 3. The second kappa shape index (κ2) is 8.04. The highest BCUT2D eigenvalue weighted by Gasteiger charge is 2.33. The van der Waals surface area contributed by atoms with Crippen molar-refractivity contribution >= 4 is 22.5 Å². The van der Waals surface area contributed by atoms with Gasteiger partial charge in [0, 0.05) is 18.5 Å². The van der Waals surface area contributed by atoms with E-state index in [9.17, 15) is 14.7 Å². The number of carbonyl (C=O) groups excluding carboxylic acids is 2. The lowest BCUT2D eigenvalue weighted by Gasteiger charge is -2.25. The van der Waals surface area contributed by atoms with Gasteiger partial charge in [0.1, 0.15) is 11.7 Å². The van der Waals surface area contributed by atoms with Crippen LogP contribution in [0.1, 0.15) is 35.7 Å². The number of benzene rings is 3. The Kier molecular flexibility index (Phi) is 5.55. The zero-order valence-corrected chi connectivity index (χ0v) is 15.6. The summed E-state index contributed by atoms with van der Waals surface area (Å²) in [6, 6.07) is 19.8. The Morgan fingerprint density at radius 1 is 0.889 bits per heavy atom. The lowest BCUT2D eigenvalue weighted by Crippen LogP contribution is -2.38. The van der Waals surface area contributed by atoms with Crippen LogP contribution in [0.25, 0.3) is 10.8 Å². The molecule has 0 bridgehead atoms. The lowest BCUT2D eigenvalue weighted by atomic mass is 9.88. The molecule has 0 aromatic heterocycles. The third-order valence-electron chi connectivity index (χ3n) is 4.88. The number of carbonyl (C=O) groups is 2. The molecule has 3 aromatic carbocycles. The van der Waals surface area contributed by atoms with Crippen molar-refractivity contribution in [3.63, 3.8) is 0 Å². The van der Waals surface area contributed by atoms with Crippen molar-refractivity contribution in [1.82, 2.24) is 4.90 Å². The van der Waals surface area contributed by atoms with Crippen LogP contribution in [0.5, 0.6) is 5.75 Å². The first-order valence-corrected chi connectivity index (χ1v) is 9.17. The summed E-state index contributed by atoms with van der Waals surface area (Å²) in [5, 5.41) is 12.2. The molecule has 1 amide bonds. The SMILES string of the molecule is CCN(CC)C(=O)C(C(=O)c1ccc2ccccc2c1O)c1ccccc1.